The summed E-state index contributed by atoms with van der Waals surface area (Å²) >= 11 is 0. The monoisotopic (exact) mass is 459 g/mol. The largest absolute Gasteiger partial charge is 0.573 e. The number of ether oxygens (including phenoxy) is 2. The molecule has 0 unspecified atom stereocenters. The fourth-order valence-corrected chi connectivity index (χ4v) is 3.77. The molecule has 0 bridgehead atoms. The van der Waals surface area contributed by atoms with Gasteiger partial charge in [0.05, 0.1) is 7.11 Å². The number of methoxy groups -OCH3 is 1. The van der Waals surface area contributed by atoms with E-state index in [2.05, 4.69) is 10.1 Å². The molecule has 1 saturated heterocycles. The van der Waals surface area contributed by atoms with E-state index in [0.29, 0.717) is 30.8 Å². The topological polar surface area (TPSA) is 76.8 Å². The zero-order valence-electron chi connectivity index (χ0n) is 16.9. The number of rotatable bonds is 6. The molecule has 0 saturated carbocycles. The van der Waals surface area contributed by atoms with Crippen LogP contribution in [0.1, 0.15) is 23.5 Å². The zero-order chi connectivity index (χ0) is 21.7. The Balaban J connectivity index is 0.00000341. The van der Waals surface area contributed by atoms with Gasteiger partial charge >= 0.3 is 12.4 Å². The van der Waals surface area contributed by atoms with Crippen LogP contribution in [-0.2, 0) is 6.54 Å². The van der Waals surface area contributed by atoms with Crippen molar-refractivity contribution >= 4 is 18.4 Å². The summed E-state index contributed by atoms with van der Waals surface area (Å²) in [6.45, 7) is 1.25. The van der Waals surface area contributed by atoms with Gasteiger partial charge in [0.1, 0.15) is 11.5 Å². The van der Waals surface area contributed by atoms with E-state index in [9.17, 15) is 18.0 Å². The van der Waals surface area contributed by atoms with Gasteiger partial charge in [-0.05, 0) is 30.2 Å². The summed E-state index contributed by atoms with van der Waals surface area (Å²) in [7, 11) is 1.46. The highest BCUT2D eigenvalue weighted by atomic mass is 35.5. The van der Waals surface area contributed by atoms with Gasteiger partial charge in [0, 0.05) is 37.2 Å². The second kappa shape index (κ2) is 10.6. The number of halogens is 4. The Kier molecular flexibility index (Phi) is 8.41. The number of alkyl halides is 3. The molecule has 2 aromatic rings. The van der Waals surface area contributed by atoms with Crippen molar-refractivity contribution in [3.8, 4) is 11.5 Å². The maximum atomic E-state index is 12.6. The summed E-state index contributed by atoms with van der Waals surface area (Å²) in [5.74, 6) is 0.152. The van der Waals surface area contributed by atoms with Crippen molar-refractivity contribution in [1.82, 2.24) is 10.2 Å². The molecule has 1 fully saturated rings. The van der Waals surface area contributed by atoms with Crippen LogP contribution < -0.4 is 20.5 Å². The first-order valence-electron chi connectivity index (χ1n) is 9.52. The van der Waals surface area contributed by atoms with E-state index in [4.69, 9.17) is 10.5 Å². The molecule has 6 nitrogen and oxygen atoms in total. The molecule has 31 heavy (non-hydrogen) atoms. The predicted molar refractivity (Wildman–Crippen MR) is 113 cm³/mol. The minimum Gasteiger partial charge on any atom is -0.496 e. The zero-order valence-corrected chi connectivity index (χ0v) is 17.7. The molecule has 2 atom stereocenters. The van der Waals surface area contributed by atoms with Crippen LogP contribution in [0.5, 0.6) is 11.5 Å². The summed E-state index contributed by atoms with van der Waals surface area (Å²) < 4.78 is 47.0. The van der Waals surface area contributed by atoms with Crippen molar-refractivity contribution < 1.29 is 27.4 Å². The summed E-state index contributed by atoms with van der Waals surface area (Å²) in [6.07, 6.45) is -4.11. The summed E-state index contributed by atoms with van der Waals surface area (Å²) in [5.41, 5.74) is 7.07. The molecule has 0 radical (unpaired) electrons. The highest BCUT2D eigenvalue weighted by Gasteiger charge is 2.33. The molecule has 1 aliphatic heterocycles. The quantitative estimate of drug-likeness (QED) is 0.683. The van der Waals surface area contributed by atoms with Crippen molar-refractivity contribution in [2.45, 2.75) is 31.3 Å². The van der Waals surface area contributed by atoms with Crippen LogP contribution >= 0.6 is 12.4 Å². The molecule has 3 rings (SSSR count). The predicted octanol–water partition coefficient (Wildman–Crippen LogP) is 4.04. The number of carbonyl (C=O) groups is 1. The minimum atomic E-state index is -4.76. The number of carbonyl (C=O) groups excluding carboxylic acids is 1. The third kappa shape index (κ3) is 6.67. The molecule has 0 aliphatic carbocycles. The lowest BCUT2D eigenvalue weighted by Gasteiger charge is -2.38. The first kappa shape index (κ1) is 24.6. The Bertz CT molecular complexity index is 868. The average molecular weight is 460 g/mol. The van der Waals surface area contributed by atoms with Crippen molar-refractivity contribution in [3.63, 3.8) is 0 Å². The number of piperidine rings is 1. The van der Waals surface area contributed by atoms with Crippen LogP contribution in [0.15, 0.2) is 48.5 Å². The second-order valence-electron chi connectivity index (χ2n) is 7.10. The third-order valence-electron chi connectivity index (χ3n) is 5.19. The molecular weight excluding hydrogens is 435 g/mol. The van der Waals surface area contributed by atoms with E-state index in [1.165, 1.54) is 25.3 Å². The van der Waals surface area contributed by atoms with Gasteiger partial charge in [-0.15, -0.1) is 25.6 Å². The van der Waals surface area contributed by atoms with Crippen LogP contribution in [0, 0.1) is 0 Å². The molecule has 0 spiro atoms. The number of primary amides is 1. The van der Waals surface area contributed by atoms with E-state index in [1.54, 1.807) is 4.90 Å². The van der Waals surface area contributed by atoms with Crippen molar-refractivity contribution in [2.75, 3.05) is 20.2 Å². The number of benzene rings is 2. The Morgan fingerprint density at radius 3 is 2.55 bits per heavy atom. The number of urea groups is 1. The van der Waals surface area contributed by atoms with Gasteiger partial charge in [0.25, 0.3) is 0 Å². The normalized spacial score (nSPS) is 18.8. The number of hydrogen-bond donors (Lipinski definition) is 2. The standard InChI is InChI=1S/C21H24F3N3O3.ClH/c1-29-19-8-7-16(30-21(22,23)24)11-15(19)12-26-18-9-10-27(20(25)28)13-17(18)14-5-3-2-4-6-14;/h2-8,11,17-18,26H,9-10,12-13H2,1H3,(H2,25,28);1H/t17-,18-;/m0./s1. The smallest absolute Gasteiger partial charge is 0.496 e. The molecule has 2 amide bonds. The average Bonchev–Trinajstić information content (AvgIpc) is 2.71. The second-order valence-corrected chi connectivity index (χ2v) is 7.10. The van der Waals surface area contributed by atoms with E-state index in [-0.39, 0.29) is 36.7 Å². The molecule has 3 N–H and O–H groups in total. The fraction of sp³-hybridized carbons (Fsp3) is 0.381. The van der Waals surface area contributed by atoms with Crippen LogP contribution in [0.2, 0.25) is 0 Å². The SMILES string of the molecule is COc1ccc(OC(F)(F)F)cc1CN[C@H]1CCN(C(N)=O)C[C@H]1c1ccccc1.Cl. The molecular formula is C21H25ClF3N3O3. The number of likely N-dealkylation sites (tertiary alicyclic amines) is 1. The van der Waals surface area contributed by atoms with Crippen molar-refractivity contribution in [1.29, 1.82) is 0 Å². The Hall–Kier alpha value is -2.65. The van der Waals surface area contributed by atoms with E-state index in [0.717, 1.165) is 5.56 Å². The van der Waals surface area contributed by atoms with Gasteiger partial charge in [0.15, 0.2) is 0 Å². The number of nitrogens with zero attached hydrogens (tertiary/aromatic N) is 1. The Labute approximate surface area is 184 Å². The number of amides is 2. The van der Waals surface area contributed by atoms with Crippen LogP contribution in [0.4, 0.5) is 18.0 Å². The van der Waals surface area contributed by atoms with Crippen LogP contribution in [-0.4, -0.2) is 43.5 Å². The minimum absolute atomic E-state index is 0. The fourth-order valence-electron chi connectivity index (χ4n) is 3.77. The molecule has 1 aliphatic rings. The maximum Gasteiger partial charge on any atom is 0.573 e. The Morgan fingerprint density at radius 2 is 1.94 bits per heavy atom. The summed E-state index contributed by atoms with van der Waals surface area (Å²) in [5, 5.41) is 3.42. The van der Waals surface area contributed by atoms with Gasteiger partial charge in [0.2, 0.25) is 0 Å². The van der Waals surface area contributed by atoms with Crippen molar-refractivity contribution in [2.24, 2.45) is 5.73 Å². The highest BCUT2D eigenvalue weighted by molar-refractivity contribution is 5.85. The van der Waals surface area contributed by atoms with Gasteiger partial charge in [-0.1, -0.05) is 30.3 Å². The van der Waals surface area contributed by atoms with Crippen molar-refractivity contribution in [3.05, 3.63) is 59.7 Å². The lowest BCUT2D eigenvalue weighted by atomic mass is 9.86. The van der Waals surface area contributed by atoms with E-state index in [1.807, 2.05) is 30.3 Å². The maximum absolute atomic E-state index is 12.6. The highest BCUT2D eigenvalue weighted by Crippen LogP contribution is 2.31. The molecule has 2 aromatic carbocycles. The number of nitrogens with one attached hydrogen (secondary N) is 1. The van der Waals surface area contributed by atoms with E-state index >= 15 is 0 Å². The lowest BCUT2D eigenvalue weighted by molar-refractivity contribution is -0.274. The molecule has 170 valence electrons. The van der Waals surface area contributed by atoms with Gasteiger partial charge in [-0.25, -0.2) is 4.79 Å². The molecule has 0 aromatic heterocycles. The van der Waals surface area contributed by atoms with Crippen LogP contribution in [0.25, 0.3) is 0 Å². The summed E-state index contributed by atoms with van der Waals surface area (Å²) in [6, 6.07) is 13.3. The Morgan fingerprint density at radius 1 is 1.23 bits per heavy atom. The van der Waals surface area contributed by atoms with Gasteiger partial charge < -0.3 is 25.4 Å². The number of nitrogens with two attached hydrogens (primary N) is 1. The number of hydrogen-bond acceptors (Lipinski definition) is 4. The lowest BCUT2D eigenvalue weighted by Crippen LogP contribution is -2.51. The van der Waals surface area contributed by atoms with Gasteiger partial charge in [-0.3, -0.25) is 0 Å². The first-order chi connectivity index (χ1) is 14.3. The molecule has 1 heterocycles. The first-order valence-corrected chi connectivity index (χ1v) is 9.52. The third-order valence-corrected chi connectivity index (χ3v) is 5.19. The van der Waals surface area contributed by atoms with Crippen LogP contribution in [0.3, 0.4) is 0 Å². The molecule has 10 heteroatoms. The summed E-state index contributed by atoms with van der Waals surface area (Å²) in [4.78, 5) is 13.3. The van der Waals surface area contributed by atoms with E-state index < -0.39 is 12.4 Å². The van der Waals surface area contributed by atoms with Gasteiger partial charge in [-0.2, -0.15) is 0 Å².